The molecule has 2 aromatic carbocycles. The summed E-state index contributed by atoms with van der Waals surface area (Å²) in [6.07, 6.45) is 4.49. The number of ether oxygens (including phenoxy) is 2. The van der Waals surface area contributed by atoms with Gasteiger partial charge in [0.2, 0.25) is 6.54 Å². The molecule has 4 aromatic rings. The van der Waals surface area contributed by atoms with Crippen LogP contribution in [0.2, 0.25) is 0 Å². The van der Waals surface area contributed by atoms with Crippen molar-refractivity contribution in [3.8, 4) is 11.5 Å². The minimum atomic E-state index is -0.548. The van der Waals surface area contributed by atoms with Gasteiger partial charge in [-0.25, -0.2) is 4.98 Å². The predicted molar refractivity (Wildman–Crippen MR) is 123 cm³/mol. The van der Waals surface area contributed by atoms with Gasteiger partial charge in [0.15, 0.2) is 35.3 Å². The number of Topliss-reactive ketones (excluding diaryl/α,β-unsaturated/α-hetero) is 1. The number of carbonyl (C=O) groups excluding carboxylic acids is 2. The molecule has 8 nitrogen and oxygen atoms in total. The average molecular weight is 538 g/mol. The van der Waals surface area contributed by atoms with Crippen LogP contribution < -0.4 is 36.8 Å². The fraction of sp³-hybridized carbons (Fsp3) is 0.231. The molecule has 0 radical (unpaired) electrons. The van der Waals surface area contributed by atoms with Crippen molar-refractivity contribution in [1.29, 1.82) is 0 Å². The van der Waals surface area contributed by atoms with E-state index < -0.39 is 5.91 Å². The minimum absolute atomic E-state index is 0. The summed E-state index contributed by atoms with van der Waals surface area (Å²) in [7, 11) is 3.11. The van der Waals surface area contributed by atoms with E-state index in [1.165, 1.54) is 0 Å². The number of methoxy groups -OCH3 is 2. The van der Waals surface area contributed by atoms with Crippen molar-refractivity contribution in [3.63, 3.8) is 0 Å². The van der Waals surface area contributed by atoms with Crippen molar-refractivity contribution < 1.29 is 45.0 Å². The molecule has 0 bridgehead atoms. The Morgan fingerprint density at radius 3 is 2.63 bits per heavy atom. The highest BCUT2D eigenvalue weighted by atomic mass is 79.9. The lowest BCUT2D eigenvalue weighted by Gasteiger charge is -2.10. The Bertz CT molecular complexity index is 1400. The Labute approximate surface area is 212 Å². The van der Waals surface area contributed by atoms with E-state index in [1.807, 2.05) is 42.6 Å². The van der Waals surface area contributed by atoms with E-state index in [4.69, 9.17) is 19.6 Å². The fourth-order valence-corrected chi connectivity index (χ4v) is 4.54. The van der Waals surface area contributed by atoms with Crippen molar-refractivity contribution in [2.24, 2.45) is 11.7 Å². The first-order valence-corrected chi connectivity index (χ1v) is 10.9. The largest absolute Gasteiger partial charge is 1.00 e. The molecule has 2 aromatic heterocycles. The summed E-state index contributed by atoms with van der Waals surface area (Å²) in [6, 6.07) is 12.9. The van der Waals surface area contributed by atoms with E-state index in [9.17, 15) is 9.59 Å². The number of pyridine rings is 1. The van der Waals surface area contributed by atoms with Crippen LogP contribution in [0, 0.1) is 5.92 Å². The Kier molecular flexibility index (Phi) is 6.88. The van der Waals surface area contributed by atoms with Crippen LogP contribution in [-0.4, -0.2) is 30.9 Å². The zero-order chi connectivity index (χ0) is 23.8. The van der Waals surface area contributed by atoms with Crippen LogP contribution in [0.1, 0.15) is 37.7 Å². The molecule has 35 heavy (non-hydrogen) atoms. The number of fused-ring (bicyclic) bond motifs is 2. The first-order valence-electron chi connectivity index (χ1n) is 10.9. The molecule has 1 unspecified atom stereocenters. The molecule has 9 heteroatoms. The molecule has 0 saturated heterocycles. The van der Waals surface area contributed by atoms with Crippen molar-refractivity contribution in [1.82, 2.24) is 4.98 Å². The van der Waals surface area contributed by atoms with E-state index in [2.05, 4.69) is 4.98 Å². The number of benzene rings is 2. The lowest BCUT2D eigenvalue weighted by atomic mass is 9.93. The van der Waals surface area contributed by atoms with E-state index >= 15 is 0 Å². The first kappa shape index (κ1) is 24.4. The van der Waals surface area contributed by atoms with Gasteiger partial charge in [0.05, 0.1) is 14.2 Å². The lowest BCUT2D eigenvalue weighted by Crippen LogP contribution is -3.00. The SMILES string of the molecule is COc1cc2c(cc1OC)C(=O)C(Cc1cc[n+](Cc3nc4ccccc4o3)cc1C(N)=O)C2.[Br-]. The van der Waals surface area contributed by atoms with Crippen LogP contribution in [0.3, 0.4) is 0 Å². The molecule has 1 atom stereocenters. The average Bonchev–Trinajstić information content (AvgIpc) is 3.38. The molecule has 1 aliphatic carbocycles. The molecular formula is C26H24BrN3O5. The van der Waals surface area contributed by atoms with Crippen LogP contribution in [0.4, 0.5) is 0 Å². The number of oxazole rings is 1. The molecule has 0 aliphatic heterocycles. The summed E-state index contributed by atoms with van der Waals surface area (Å²) in [5.41, 5.74) is 9.82. The lowest BCUT2D eigenvalue weighted by molar-refractivity contribution is -0.690. The molecule has 1 amide bonds. The van der Waals surface area contributed by atoms with Crippen LogP contribution in [-0.2, 0) is 19.4 Å². The maximum absolute atomic E-state index is 13.1. The van der Waals surface area contributed by atoms with Crippen LogP contribution in [0.15, 0.2) is 59.3 Å². The molecule has 5 rings (SSSR count). The van der Waals surface area contributed by atoms with Crippen molar-refractivity contribution >= 4 is 22.8 Å². The maximum Gasteiger partial charge on any atom is 0.262 e. The monoisotopic (exact) mass is 537 g/mol. The summed E-state index contributed by atoms with van der Waals surface area (Å²) in [6.45, 7) is 0.350. The molecule has 0 fully saturated rings. The number of carbonyl (C=O) groups is 2. The van der Waals surface area contributed by atoms with Gasteiger partial charge in [-0.1, -0.05) is 12.1 Å². The standard InChI is InChI=1S/C26H23N3O5.BrH/c1-32-22-11-16-10-17(25(30)18(16)12-23(22)33-2)9-15-7-8-29(13-19(15)26(27)31)14-24-28-20-5-3-4-6-21(20)34-24;/h3-8,11-13,17H,9-10,14H2,1-2H3,(H-,27,31);1H. The number of nitrogens with two attached hydrogens (primary N) is 1. The highest BCUT2D eigenvalue weighted by Crippen LogP contribution is 2.37. The molecule has 1 aliphatic rings. The Hall–Kier alpha value is -3.72. The third-order valence-electron chi connectivity index (χ3n) is 6.21. The number of primary amides is 1. The van der Waals surface area contributed by atoms with E-state index in [0.717, 1.165) is 16.6 Å². The van der Waals surface area contributed by atoms with Crippen LogP contribution >= 0.6 is 0 Å². The number of rotatable bonds is 7. The van der Waals surface area contributed by atoms with E-state index in [1.54, 1.807) is 31.0 Å². The zero-order valence-corrected chi connectivity index (χ0v) is 20.9. The Balaban J connectivity index is 0.00000289. The van der Waals surface area contributed by atoms with Crippen molar-refractivity contribution in [2.45, 2.75) is 19.4 Å². The summed E-state index contributed by atoms with van der Waals surface area (Å²) < 4.78 is 18.3. The number of nitrogens with zero attached hydrogens (tertiary/aromatic N) is 2. The molecule has 180 valence electrons. The van der Waals surface area contributed by atoms with Gasteiger partial charge < -0.3 is 36.6 Å². The second kappa shape index (κ2) is 9.87. The normalized spacial score (nSPS) is 14.5. The molecule has 2 heterocycles. The number of para-hydroxylation sites is 2. The third-order valence-corrected chi connectivity index (χ3v) is 6.21. The van der Waals surface area contributed by atoms with Gasteiger partial charge in [0, 0.05) is 17.5 Å². The van der Waals surface area contributed by atoms with Gasteiger partial charge in [-0.2, -0.15) is 4.57 Å². The van der Waals surface area contributed by atoms with Gasteiger partial charge in [0.25, 0.3) is 11.8 Å². The second-order valence-electron chi connectivity index (χ2n) is 8.33. The highest BCUT2D eigenvalue weighted by Gasteiger charge is 2.33. The van der Waals surface area contributed by atoms with E-state index in [0.29, 0.717) is 53.5 Å². The molecular weight excluding hydrogens is 514 g/mol. The van der Waals surface area contributed by atoms with E-state index in [-0.39, 0.29) is 28.7 Å². The summed E-state index contributed by atoms with van der Waals surface area (Å²) >= 11 is 0. The van der Waals surface area contributed by atoms with Gasteiger partial charge in [0.1, 0.15) is 11.1 Å². The summed E-state index contributed by atoms with van der Waals surface area (Å²) in [5, 5.41) is 0. The van der Waals surface area contributed by atoms with Crippen molar-refractivity contribution in [3.05, 3.63) is 83.0 Å². The summed E-state index contributed by atoms with van der Waals surface area (Å²) in [4.78, 5) is 29.8. The molecule has 0 saturated carbocycles. The summed E-state index contributed by atoms with van der Waals surface area (Å²) in [5.74, 6) is 0.819. The number of hydrogen-bond acceptors (Lipinski definition) is 6. The Morgan fingerprint density at radius 1 is 1.17 bits per heavy atom. The quantitative estimate of drug-likeness (QED) is 0.329. The number of halogens is 1. The first-order chi connectivity index (χ1) is 16.5. The number of ketones is 1. The molecule has 2 N–H and O–H groups in total. The topological polar surface area (TPSA) is 109 Å². The predicted octanol–water partition coefficient (Wildman–Crippen LogP) is -0.119. The van der Waals surface area contributed by atoms with Crippen LogP contribution in [0.25, 0.3) is 11.1 Å². The van der Waals surface area contributed by atoms with Crippen LogP contribution in [0.5, 0.6) is 11.5 Å². The second-order valence-corrected chi connectivity index (χ2v) is 8.33. The number of amides is 1. The maximum atomic E-state index is 13.1. The molecule has 0 spiro atoms. The third kappa shape index (κ3) is 4.64. The minimum Gasteiger partial charge on any atom is -1.00 e. The highest BCUT2D eigenvalue weighted by molar-refractivity contribution is 6.03. The van der Waals surface area contributed by atoms with Crippen molar-refractivity contribution in [2.75, 3.05) is 14.2 Å². The fourth-order valence-electron chi connectivity index (χ4n) is 4.54. The van der Waals surface area contributed by atoms with Gasteiger partial charge >= 0.3 is 0 Å². The zero-order valence-electron chi connectivity index (χ0n) is 19.3. The van der Waals surface area contributed by atoms with Gasteiger partial charge in [-0.05, 0) is 48.2 Å². The van der Waals surface area contributed by atoms with Gasteiger partial charge in [-0.3, -0.25) is 9.59 Å². The Morgan fingerprint density at radius 2 is 1.91 bits per heavy atom. The smallest absolute Gasteiger partial charge is 0.262 e. The number of hydrogen-bond donors (Lipinski definition) is 1. The van der Waals surface area contributed by atoms with Gasteiger partial charge in [-0.15, -0.1) is 0 Å². The number of aromatic nitrogens is 2.